The van der Waals surface area contributed by atoms with Crippen molar-refractivity contribution in [1.29, 1.82) is 5.26 Å². The first-order chi connectivity index (χ1) is 8.15. The van der Waals surface area contributed by atoms with Crippen molar-refractivity contribution in [2.75, 3.05) is 6.61 Å². The number of carboxylic acids is 1. The lowest BCUT2D eigenvalue weighted by Gasteiger charge is -2.08. The Kier molecular flexibility index (Phi) is 5.50. The van der Waals surface area contributed by atoms with Crippen molar-refractivity contribution in [3.63, 3.8) is 0 Å². The van der Waals surface area contributed by atoms with E-state index in [1.807, 2.05) is 0 Å². The maximum atomic E-state index is 10.8. The summed E-state index contributed by atoms with van der Waals surface area (Å²) in [6.45, 7) is 0.476. The van der Waals surface area contributed by atoms with E-state index in [2.05, 4.69) is 22.0 Å². The summed E-state index contributed by atoms with van der Waals surface area (Å²) < 4.78 is 6.18. The number of carboxylic acid groups (broad SMARTS) is 1. The minimum absolute atomic E-state index is 0.195. The lowest BCUT2D eigenvalue weighted by atomic mass is 10.2. The number of rotatable bonds is 6. The molecular weight excluding hydrogens is 286 g/mol. The highest BCUT2D eigenvalue weighted by Gasteiger charge is 2.07. The van der Waals surface area contributed by atoms with Crippen LogP contribution in [0, 0.1) is 11.3 Å². The summed E-state index contributed by atoms with van der Waals surface area (Å²) >= 11 is 3.29. The zero-order valence-electron chi connectivity index (χ0n) is 9.15. The van der Waals surface area contributed by atoms with Gasteiger partial charge in [0.1, 0.15) is 5.75 Å². The van der Waals surface area contributed by atoms with Crippen LogP contribution in [0.1, 0.15) is 29.6 Å². The first-order valence-corrected chi connectivity index (χ1v) is 5.97. The van der Waals surface area contributed by atoms with Gasteiger partial charge >= 0.3 is 5.97 Å². The van der Waals surface area contributed by atoms with E-state index in [0.717, 1.165) is 17.3 Å². The first kappa shape index (κ1) is 13.5. The first-order valence-electron chi connectivity index (χ1n) is 5.17. The Morgan fingerprint density at radius 3 is 2.88 bits per heavy atom. The number of aromatic carboxylic acids is 1. The third-order valence-electron chi connectivity index (χ3n) is 2.12. The molecule has 5 heteroatoms. The molecule has 0 aliphatic rings. The highest BCUT2D eigenvalue weighted by molar-refractivity contribution is 9.10. The zero-order chi connectivity index (χ0) is 12.7. The summed E-state index contributed by atoms with van der Waals surface area (Å²) in [5.41, 5.74) is 0.195. The van der Waals surface area contributed by atoms with E-state index in [9.17, 15) is 4.79 Å². The second-order valence-corrected chi connectivity index (χ2v) is 4.27. The number of unbranched alkanes of at least 4 members (excludes halogenated alkanes) is 2. The molecule has 0 bridgehead atoms. The maximum Gasteiger partial charge on any atom is 0.335 e. The van der Waals surface area contributed by atoms with E-state index < -0.39 is 5.97 Å². The van der Waals surface area contributed by atoms with E-state index >= 15 is 0 Å². The molecule has 1 rings (SSSR count). The van der Waals surface area contributed by atoms with Gasteiger partial charge in [-0.25, -0.2) is 4.79 Å². The van der Waals surface area contributed by atoms with Crippen LogP contribution in [0.5, 0.6) is 5.75 Å². The van der Waals surface area contributed by atoms with Crippen molar-refractivity contribution < 1.29 is 14.6 Å². The fourth-order valence-corrected chi connectivity index (χ4v) is 1.60. The Bertz CT molecular complexity index is 440. The Balaban J connectivity index is 2.55. The molecule has 0 saturated heterocycles. The molecule has 0 spiro atoms. The van der Waals surface area contributed by atoms with Crippen molar-refractivity contribution in [3.05, 3.63) is 28.2 Å². The van der Waals surface area contributed by atoms with Crippen molar-refractivity contribution in [2.45, 2.75) is 19.3 Å². The third kappa shape index (κ3) is 4.45. The molecule has 90 valence electrons. The molecule has 0 aromatic heterocycles. The zero-order valence-corrected chi connectivity index (χ0v) is 10.7. The highest BCUT2D eigenvalue weighted by Crippen LogP contribution is 2.26. The van der Waals surface area contributed by atoms with Crippen molar-refractivity contribution >= 4 is 21.9 Å². The summed E-state index contributed by atoms with van der Waals surface area (Å²) in [7, 11) is 0. The molecular formula is C12H12BrNO3. The van der Waals surface area contributed by atoms with Gasteiger partial charge < -0.3 is 9.84 Å². The number of hydrogen-bond donors (Lipinski definition) is 1. The summed E-state index contributed by atoms with van der Waals surface area (Å²) in [6, 6.07) is 6.70. The number of halogens is 1. The van der Waals surface area contributed by atoms with E-state index in [-0.39, 0.29) is 5.56 Å². The Morgan fingerprint density at radius 1 is 1.47 bits per heavy atom. The van der Waals surface area contributed by atoms with Gasteiger partial charge in [-0.1, -0.05) is 0 Å². The Labute approximate surface area is 108 Å². The average molecular weight is 298 g/mol. The second kappa shape index (κ2) is 6.92. The number of nitrogens with zero attached hydrogens (tertiary/aromatic N) is 1. The fourth-order valence-electron chi connectivity index (χ4n) is 1.24. The molecule has 17 heavy (non-hydrogen) atoms. The van der Waals surface area contributed by atoms with E-state index in [0.29, 0.717) is 18.8 Å². The second-order valence-electron chi connectivity index (χ2n) is 3.41. The van der Waals surface area contributed by atoms with Crippen LogP contribution in [0.4, 0.5) is 0 Å². The molecule has 0 saturated carbocycles. The van der Waals surface area contributed by atoms with Gasteiger partial charge in [0, 0.05) is 6.42 Å². The van der Waals surface area contributed by atoms with Crippen LogP contribution in [0.2, 0.25) is 0 Å². The molecule has 0 aliphatic carbocycles. The summed E-state index contributed by atoms with van der Waals surface area (Å²) in [4.78, 5) is 10.8. The Hall–Kier alpha value is -1.54. The SMILES string of the molecule is N#CCCCCOc1cc(C(=O)O)ccc1Br. The minimum Gasteiger partial charge on any atom is -0.492 e. The lowest BCUT2D eigenvalue weighted by molar-refractivity contribution is 0.0696. The number of ether oxygens (including phenoxy) is 1. The minimum atomic E-state index is -0.980. The van der Waals surface area contributed by atoms with E-state index in [1.54, 1.807) is 6.07 Å². The van der Waals surface area contributed by atoms with Crippen LogP contribution in [0.3, 0.4) is 0 Å². The number of hydrogen-bond acceptors (Lipinski definition) is 3. The van der Waals surface area contributed by atoms with Crippen LogP contribution in [0.25, 0.3) is 0 Å². The van der Waals surface area contributed by atoms with Crippen molar-refractivity contribution in [1.82, 2.24) is 0 Å². The molecule has 1 aromatic carbocycles. The van der Waals surface area contributed by atoms with Crippen LogP contribution in [-0.2, 0) is 0 Å². The molecule has 0 radical (unpaired) electrons. The largest absolute Gasteiger partial charge is 0.492 e. The predicted molar refractivity (Wildman–Crippen MR) is 66.1 cm³/mol. The van der Waals surface area contributed by atoms with Crippen molar-refractivity contribution in [2.24, 2.45) is 0 Å². The van der Waals surface area contributed by atoms with Gasteiger partial charge in [-0.3, -0.25) is 0 Å². The summed E-state index contributed by atoms with van der Waals surface area (Å²) in [5, 5.41) is 17.2. The smallest absolute Gasteiger partial charge is 0.335 e. The molecule has 0 amide bonds. The van der Waals surface area contributed by atoms with Crippen molar-refractivity contribution in [3.8, 4) is 11.8 Å². The number of benzene rings is 1. The van der Waals surface area contributed by atoms with Crippen LogP contribution >= 0.6 is 15.9 Å². The monoisotopic (exact) mass is 297 g/mol. The van der Waals surface area contributed by atoms with Gasteiger partial charge in [-0.15, -0.1) is 0 Å². The summed E-state index contributed by atoms with van der Waals surface area (Å²) in [5.74, 6) is -0.464. The standard InChI is InChI=1S/C12H12BrNO3/c13-10-5-4-9(12(15)16)8-11(10)17-7-3-1-2-6-14/h4-5,8H,1-3,7H2,(H,15,16). The van der Waals surface area contributed by atoms with Crippen LogP contribution < -0.4 is 4.74 Å². The van der Waals surface area contributed by atoms with E-state index in [4.69, 9.17) is 15.1 Å². The van der Waals surface area contributed by atoms with E-state index in [1.165, 1.54) is 12.1 Å². The summed E-state index contributed by atoms with van der Waals surface area (Å²) in [6.07, 6.45) is 2.07. The molecule has 0 unspecified atom stereocenters. The molecule has 1 N–H and O–H groups in total. The van der Waals surface area contributed by atoms with Gasteiger partial charge in [-0.2, -0.15) is 5.26 Å². The van der Waals surface area contributed by atoms with Gasteiger partial charge in [0.25, 0.3) is 0 Å². The normalized spacial score (nSPS) is 9.65. The molecule has 1 aromatic rings. The van der Waals surface area contributed by atoms with Crippen LogP contribution in [-0.4, -0.2) is 17.7 Å². The lowest BCUT2D eigenvalue weighted by Crippen LogP contribution is -2.01. The molecule has 4 nitrogen and oxygen atoms in total. The van der Waals surface area contributed by atoms with Gasteiger partial charge in [0.2, 0.25) is 0 Å². The number of nitriles is 1. The molecule has 0 heterocycles. The third-order valence-corrected chi connectivity index (χ3v) is 2.77. The maximum absolute atomic E-state index is 10.8. The highest BCUT2D eigenvalue weighted by atomic mass is 79.9. The molecule has 0 fully saturated rings. The quantitative estimate of drug-likeness (QED) is 0.819. The van der Waals surface area contributed by atoms with Gasteiger partial charge in [0.05, 0.1) is 22.7 Å². The predicted octanol–water partition coefficient (Wildman–Crippen LogP) is 3.22. The molecule has 0 atom stereocenters. The Morgan fingerprint density at radius 2 is 2.24 bits per heavy atom. The topological polar surface area (TPSA) is 70.3 Å². The average Bonchev–Trinajstić information content (AvgIpc) is 2.30. The van der Waals surface area contributed by atoms with Gasteiger partial charge in [-0.05, 0) is 47.0 Å². The van der Waals surface area contributed by atoms with Gasteiger partial charge in [0.15, 0.2) is 0 Å². The molecule has 0 aliphatic heterocycles. The fraction of sp³-hybridized carbons (Fsp3) is 0.333. The van der Waals surface area contributed by atoms with Crippen LogP contribution in [0.15, 0.2) is 22.7 Å². The number of carbonyl (C=O) groups is 1.